The topological polar surface area (TPSA) is 54.5 Å². The quantitative estimate of drug-likeness (QED) is 0.873. The van der Waals surface area contributed by atoms with E-state index >= 15 is 0 Å². The van der Waals surface area contributed by atoms with Gasteiger partial charge in [-0.25, -0.2) is 4.79 Å². The number of anilines is 1. The van der Waals surface area contributed by atoms with Gasteiger partial charge in [-0.15, -0.1) is 0 Å². The van der Waals surface area contributed by atoms with Crippen LogP contribution in [0.1, 0.15) is 12.8 Å². The molecule has 0 unspecified atom stereocenters. The van der Waals surface area contributed by atoms with Crippen LogP contribution in [0, 0.1) is 0 Å². The number of aromatic nitrogens is 1. The molecule has 1 N–H and O–H groups in total. The van der Waals surface area contributed by atoms with Crippen LogP contribution >= 0.6 is 23.2 Å². The average Bonchev–Trinajstić information content (AvgIpc) is 2.59. The van der Waals surface area contributed by atoms with Gasteiger partial charge in [-0.2, -0.15) is 0 Å². The Morgan fingerprint density at radius 3 is 2.88 bits per heavy atom. The number of pyridine rings is 1. The van der Waals surface area contributed by atoms with Crippen LogP contribution < -0.4 is 10.1 Å². The summed E-state index contributed by atoms with van der Waals surface area (Å²) in [5.74, 6) is 0.588. The first-order valence-corrected chi connectivity index (χ1v) is 8.45. The summed E-state index contributed by atoms with van der Waals surface area (Å²) in [5.41, 5.74) is 0.601. The van der Waals surface area contributed by atoms with Gasteiger partial charge in [0.25, 0.3) is 0 Å². The predicted octanol–water partition coefficient (Wildman–Crippen LogP) is 4.46. The normalized spacial score (nSPS) is 17.4. The Morgan fingerprint density at radius 1 is 1.25 bits per heavy atom. The van der Waals surface area contributed by atoms with E-state index in [1.807, 2.05) is 12.1 Å². The molecular formula is C17H17Cl2N3O2. The van der Waals surface area contributed by atoms with E-state index in [0.717, 1.165) is 12.8 Å². The predicted molar refractivity (Wildman–Crippen MR) is 94.9 cm³/mol. The molecule has 24 heavy (non-hydrogen) atoms. The maximum Gasteiger partial charge on any atom is 0.322 e. The average molecular weight is 366 g/mol. The van der Waals surface area contributed by atoms with Crippen molar-refractivity contribution in [2.75, 3.05) is 18.4 Å². The van der Waals surface area contributed by atoms with Crippen LogP contribution in [-0.4, -0.2) is 35.1 Å². The van der Waals surface area contributed by atoms with Crippen LogP contribution in [0.15, 0.2) is 42.7 Å². The molecular weight excluding hydrogens is 349 g/mol. The molecule has 3 rings (SSSR count). The van der Waals surface area contributed by atoms with E-state index in [1.165, 1.54) is 0 Å². The summed E-state index contributed by atoms with van der Waals surface area (Å²) in [6.45, 7) is 1.18. The number of halogens is 2. The van der Waals surface area contributed by atoms with Crippen molar-refractivity contribution in [3.8, 4) is 5.75 Å². The molecule has 0 radical (unpaired) electrons. The first-order valence-electron chi connectivity index (χ1n) is 7.70. The Kier molecular flexibility index (Phi) is 5.43. The number of nitrogens with one attached hydrogen (secondary N) is 1. The minimum absolute atomic E-state index is 0.101. The second-order valence-corrected chi connectivity index (χ2v) is 6.36. The Morgan fingerprint density at radius 2 is 2.08 bits per heavy atom. The van der Waals surface area contributed by atoms with Crippen molar-refractivity contribution < 1.29 is 9.53 Å². The van der Waals surface area contributed by atoms with Crippen molar-refractivity contribution in [2.45, 2.75) is 18.9 Å². The van der Waals surface area contributed by atoms with E-state index in [0.29, 0.717) is 34.6 Å². The summed E-state index contributed by atoms with van der Waals surface area (Å²) in [4.78, 5) is 18.1. The number of ether oxygens (including phenoxy) is 1. The van der Waals surface area contributed by atoms with E-state index in [4.69, 9.17) is 27.9 Å². The SMILES string of the molecule is O=C(Nc1ccccc1Cl)N1CCC[C@@H](Oc2ccncc2Cl)C1. The van der Waals surface area contributed by atoms with Crippen molar-refractivity contribution in [3.63, 3.8) is 0 Å². The molecule has 1 atom stereocenters. The third-order valence-corrected chi connectivity index (χ3v) is 4.42. The van der Waals surface area contributed by atoms with Crippen molar-refractivity contribution >= 4 is 34.9 Å². The highest BCUT2D eigenvalue weighted by Gasteiger charge is 2.25. The number of urea groups is 1. The first kappa shape index (κ1) is 16.9. The van der Waals surface area contributed by atoms with Crippen LogP contribution in [0.3, 0.4) is 0 Å². The number of hydrogen-bond acceptors (Lipinski definition) is 3. The van der Waals surface area contributed by atoms with Crippen molar-refractivity contribution in [2.24, 2.45) is 0 Å². The molecule has 126 valence electrons. The highest BCUT2D eigenvalue weighted by Crippen LogP contribution is 2.26. The Hall–Kier alpha value is -1.98. The van der Waals surface area contributed by atoms with E-state index in [-0.39, 0.29) is 12.1 Å². The maximum atomic E-state index is 12.4. The zero-order chi connectivity index (χ0) is 16.9. The summed E-state index contributed by atoms with van der Waals surface area (Å²) in [6, 6.07) is 8.71. The third kappa shape index (κ3) is 4.10. The molecule has 1 fully saturated rings. The van der Waals surface area contributed by atoms with Gasteiger partial charge in [0.1, 0.15) is 16.9 Å². The minimum Gasteiger partial charge on any atom is -0.487 e. The van der Waals surface area contributed by atoms with Gasteiger partial charge in [-0.05, 0) is 25.0 Å². The highest BCUT2D eigenvalue weighted by atomic mass is 35.5. The lowest BCUT2D eigenvalue weighted by atomic mass is 10.1. The van der Waals surface area contributed by atoms with Crippen LogP contribution in [0.5, 0.6) is 5.75 Å². The van der Waals surface area contributed by atoms with Crippen molar-refractivity contribution in [3.05, 3.63) is 52.8 Å². The fourth-order valence-electron chi connectivity index (χ4n) is 2.61. The molecule has 2 aromatic rings. The highest BCUT2D eigenvalue weighted by molar-refractivity contribution is 6.33. The number of rotatable bonds is 3. The third-order valence-electron chi connectivity index (χ3n) is 3.81. The largest absolute Gasteiger partial charge is 0.487 e. The molecule has 1 aromatic heterocycles. The van der Waals surface area contributed by atoms with Crippen LogP contribution in [0.25, 0.3) is 0 Å². The van der Waals surface area contributed by atoms with E-state index in [9.17, 15) is 4.79 Å². The molecule has 0 spiro atoms. The molecule has 1 aliphatic rings. The van der Waals surface area contributed by atoms with Crippen LogP contribution in [0.4, 0.5) is 10.5 Å². The monoisotopic (exact) mass is 365 g/mol. The summed E-state index contributed by atoms with van der Waals surface area (Å²) < 4.78 is 5.92. The zero-order valence-electron chi connectivity index (χ0n) is 12.9. The summed E-state index contributed by atoms with van der Waals surface area (Å²) >= 11 is 12.2. The van der Waals surface area contributed by atoms with Gasteiger partial charge in [0, 0.05) is 25.0 Å². The van der Waals surface area contributed by atoms with Crippen LogP contribution in [-0.2, 0) is 0 Å². The number of piperidine rings is 1. The van der Waals surface area contributed by atoms with Crippen molar-refractivity contribution in [1.29, 1.82) is 0 Å². The molecule has 2 amide bonds. The lowest BCUT2D eigenvalue weighted by Gasteiger charge is -2.33. The Balaban J connectivity index is 1.62. The Labute approximate surface area is 150 Å². The number of nitrogens with zero attached hydrogens (tertiary/aromatic N) is 2. The molecule has 1 saturated heterocycles. The standard InChI is InChI=1S/C17H17Cl2N3O2/c18-13-5-1-2-6-15(13)21-17(23)22-9-3-4-12(11-22)24-16-7-8-20-10-14(16)19/h1-2,5-8,10,12H,3-4,9,11H2,(H,21,23)/t12-/m1/s1. The smallest absolute Gasteiger partial charge is 0.322 e. The number of hydrogen-bond donors (Lipinski definition) is 1. The molecule has 1 aliphatic heterocycles. The number of carbonyl (C=O) groups excluding carboxylic acids is 1. The minimum atomic E-state index is -0.183. The van der Waals surface area contributed by atoms with Gasteiger partial charge in [0.2, 0.25) is 0 Å². The summed E-state index contributed by atoms with van der Waals surface area (Å²) in [7, 11) is 0. The molecule has 2 heterocycles. The van der Waals surface area contributed by atoms with E-state index in [1.54, 1.807) is 35.5 Å². The number of para-hydroxylation sites is 1. The molecule has 0 saturated carbocycles. The lowest BCUT2D eigenvalue weighted by molar-refractivity contribution is 0.106. The van der Waals surface area contributed by atoms with Gasteiger partial charge in [-0.1, -0.05) is 35.3 Å². The van der Waals surface area contributed by atoms with Gasteiger partial charge in [-0.3, -0.25) is 4.98 Å². The molecule has 0 bridgehead atoms. The Bertz CT molecular complexity index is 726. The van der Waals surface area contributed by atoms with E-state index in [2.05, 4.69) is 10.3 Å². The second-order valence-electron chi connectivity index (χ2n) is 5.54. The number of likely N-dealkylation sites (tertiary alicyclic amines) is 1. The molecule has 1 aromatic carbocycles. The van der Waals surface area contributed by atoms with Gasteiger partial charge < -0.3 is 15.0 Å². The maximum absolute atomic E-state index is 12.4. The molecule has 7 heteroatoms. The number of carbonyl (C=O) groups is 1. The summed E-state index contributed by atoms with van der Waals surface area (Å²) in [6.07, 6.45) is 4.81. The molecule has 0 aliphatic carbocycles. The fraction of sp³-hybridized carbons (Fsp3) is 0.294. The fourth-order valence-corrected chi connectivity index (χ4v) is 2.96. The zero-order valence-corrected chi connectivity index (χ0v) is 14.4. The van der Waals surface area contributed by atoms with E-state index < -0.39 is 0 Å². The van der Waals surface area contributed by atoms with Crippen LogP contribution in [0.2, 0.25) is 10.0 Å². The lowest BCUT2D eigenvalue weighted by Crippen LogP contribution is -2.46. The van der Waals surface area contributed by atoms with Gasteiger partial charge in [0.15, 0.2) is 0 Å². The number of amides is 2. The van der Waals surface area contributed by atoms with Crippen molar-refractivity contribution in [1.82, 2.24) is 9.88 Å². The summed E-state index contributed by atoms with van der Waals surface area (Å²) in [5, 5.41) is 3.82. The van der Waals surface area contributed by atoms with Gasteiger partial charge >= 0.3 is 6.03 Å². The second kappa shape index (κ2) is 7.73. The number of benzene rings is 1. The first-order chi connectivity index (χ1) is 11.6. The van der Waals surface area contributed by atoms with Gasteiger partial charge in [0.05, 0.1) is 17.3 Å². The molecule has 5 nitrogen and oxygen atoms in total.